The number of fused-ring (bicyclic) bond motifs is 1. The van der Waals surface area contributed by atoms with Gasteiger partial charge < -0.3 is 14.8 Å². The molecule has 5 nitrogen and oxygen atoms in total. The first-order valence-electron chi connectivity index (χ1n) is 7.79. The fourth-order valence-electron chi connectivity index (χ4n) is 4.41. The summed E-state index contributed by atoms with van der Waals surface area (Å²) in [4.78, 5) is 18.7. The highest BCUT2D eigenvalue weighted by atomic mass is 19.3. The van der Waals surface area contributed by atoms with Crippen molar-refractivity contribution in [3.05, 3.63) is 18.2 Å². The Labute approximate surface area is 127 Å². The van der Waals surface area contributed by atoms with E-state index >= 15 is 0 Å². The maximum absolute atomic E-state index is 13.5. The van der Waals surface area contributed by atoms with Crippen molar-refractivity contribution >= 4 is 5.91 Å². The molecule has 0 aromatic carbocycles. The molecule has 3 saturated heterocycles. The van der Waals surface area contributed by atoms with Crippen LogP contribution in [-0.4, -0.2) is 52.0 Å². The highest BCUT2D eigenvalue weighted by Gasteiger charge is 2.63. The Balaban J connectivity index is 1.57. The summed E-state index contributed by atoms with van der Waals surface area (Å²) in [7, 11) is 1.89. The van der Waals surface area contributed by atoms with Crippen molar-refractivity contribution in [3.63, 3.8) is 0 Å². The van der Waals surface area contributed by atoms with E-state index in [0.29, 0.717) is 32.5 Å². The summed E-state index contributed by atoms with van der Waals surface area (Å²) in [5, 5.41) is 3.22. The second-order valence-corrected chi connectivity index (χ2v) is 6.96. The Hall–Kier alpha value is -1.50. The molecule has 1 N–H and O–H groups in total. The van der Waals surface area contributed by atoms with Crippen LogP contribution < -0.4 is 5.32 Å². The van der Waals surface area contributed by atoms with Crippen LogP contribution in [0.5, 0.6) is 0 Å². The number of aromatic nitrogens is 2. The van der Waals surface area contributed by atoms with Crippen molar-refractivity contribution in [2.45, 2.75) is 30.7 Å². The minimum atomic E-state index is -2.45. The van der Waals surface area contributed by atoms with Gasteiger partial charge in [0, 0.05) is 38.8 Å². The van der Waals surface area contributed by atoms with E-state index in [9.17, 15) is 13.6 Å². The van der Waals surface area contributed by atoms with E-state index in [1.165, 1.54) is 4.90 Å². The number of alkyl halides is 2. The molecular weight excluding hydrogens is 290 g/mol. The van der Waals surface area contributed by atoms with Gasteiger partial charge in [-0.1, -0.05) is 0 Å². The minimum absolute atomic E-state index is 0.0266. The number of hydrogen-bond acceptors (Lipinski definition) is 3. The maximum Gasteiger partial charge on any atom is 0.261 e. The van der Waals surface area contributed by atoms with Crippen LogP contribution in [0.15, 0.2) is 12.5 Å². The Morgan fingerprint density at radius 1 is 1.45 bits per heavy atom. The number of nitrogens with zero attached hydrogens (tertiary/aromatic N) is 3. The SMILES string of the molecule is Cn1cnc([C@@H]2CNC[C@H]2C(=O)N2CC3CC2(C(F)F)C3)c1. The number of carbonyl (C=O) groups is 1. The first-order chi connectivity index (χ1) is 10.5. The van der Waals surface area contributed by atoms with Crippen LogP contribution in [0.4, 0.5) is 8.78 Å². The Morgan fingerprint density at radius 2 is 2.23 bits per heavy atom. The summed E-state index contributed by atoms with van der Waals surface area (Å²) in [6.07, 6.45) is 2.10. The van der Waals surface area contributed by atoms with Crippen LogP contribution in [0.2, 0.25) is 0 Å². The van der Waals surface area contributed by atoms with Crippen LogP contribution in [0.1, 0.15) is 24.5 Å². The summed E-state index contributed by atoms with van der Waals surface area (Å²) >= 11 is 0. The van der Waals surface area contributed by atoms with Crippen LogP contribution in [0.3, 0.4) is 0 Å². The van der Waals surface area contributed by atoms with Gasteiger partial charge in [-0.3, -0.25) is 4.79 Å². The van der Waals surface area contributed by atoms with Crippen LogP contribution >= 0.6 is 0 Å². The number of rotatable bonds is 3. The van der Waals surface area contributed by atoms with E-state index in [1.54, 1.807) is 6.33 Å². The van der Waals surface area contributed by atoms with E-state index in [-0.39, 0.29) is 23.7 Å². The van der Waals surface area contributed by atoms with Crippen molar-refractivity contribution in [1.82, 2.24) is 19.8 Å². The molecule has 1 aromatic rings. The quantitative estimate of drug-likeness (QED) is 0.905. The summed E-state index contributed by atoms with van der Waals surface area (Å²) in [6, 6.07) is 0. The smallest absolute Gasteiger partial charge is 0.261 e. The summed E-state index contributed by atoms with van der Waals surface area (Å²) in [5.74, 6) is -0.173. The lowest BCUT2D eigenvalue weighted by Crippen LogP contribution is -2.55. The highest BCUT2D eigenvalue weighted by molar-refractivity contribution is 5.82. The molecule has 0 spiro atoms. The fourth-order valence-corrected chi connectivity index (χ4v) is 4.41. The normalized spacial score (nSPS) is 36.9. The second-order valence-electron chi connectivity index (χ2n) is 6.96. The standard InChI is InChI=1S/C15H20F2N4O/c1-20-7-12(19-8-20)10-4-18-5-11(10)13(22)21-6-9-2-15(21,3-9)14(16)17/h7-11,14,18H,2-6H2,1H3/t9?,10-,11-,15?/m1/s1. The lowest BCUT2D eigenvalue weighted by atomic mass is 9.73. The first-order valence-corrected chi connectivity index (χ1v) is 7.79. The third-order valence-corrected chi connectivity index (χ3v) is 5.57. The Morgan fingerprint density at radius 3 is 2.86 bits per heavy atom. The molecule has 1 amide bonds. The van der Waals surface area contributed by atoms with Gasteiger partial charge in [0.25, 0.3) is 6.43 Å². The topological polar surface area (TPSA) is 50.2 Å². The van der Waals surface area contributed by atoms with E-state index in [0.717, 1.165) is 5.69 Å². The van der Waals surface area contributed by atoms with E-state index in [1.807, 2.05) is 17.8 Å². The molecule has 2 bridgehead atoms. The Bertz CT molecular complexity index is 596. The van der Waals surface area contributed by atoms with Crippen molar-refractivity contribution in [2.75, 3.05) is 19.6 Å². The van der Waals surface area contributed by atoms with E-state index in [2.05, 4.69) is 10.3 Å². The predicted octanol–water partition coefficient (Wildman–Crippen LogP) is 0.979. The summed E-state index contributed by atoms with van der Waals surface area (Å²) < 4.78 is 28.8. The summed E-state index contributed by atoms with van der Waals surface area (Å²) in [5.41, 5.74) is -0.317. The average molecular weight is 310 g/mol. The molecule has 1 aromatic heterocycles. The number of carbonyl (C=O) groups excluding carboxylic acids is 1. The van der Waals surface area contributed by atoms with E-state index in [4.69, 9.17) is 0 Å². The number of imidazole rings is 1. The zero-order valence-electron chi connectivity index (χ0n) is 12.5. The first kappa shape index (κ1) is 14.1. The number of amides is 1. The number of halogens is 2. The van der Waals surface area contributed by atoms with Gasteiger partial charge in [0.05, 0.1) is 17.9 Å². The second kappa shape index (κ2) is 4.75. The van der Waals surface area contributed by atoms with Crippen LogP contribution in [0.25, 0.3) is 0 Å². The molecule has 1 saturated carbocycles. The largest absolute Gasteiger partial charge is 0.340 e. The molecule has 120 valence electrons. The van der Waals surface area contributed by atoms with Crippen LogP contribution in [0, 0.1) is 11.8 Å². The minimum Gasteiger partial charge on any atom is -0.340 e. The molecule has 22 heavy (non-hydrogen) atoms. The maximum atomic E-state index is 13.5. The van der Waals surface area contributed by atoms with Gasteiger partial charge in [-0.05, 0) is 18.8 Å². The molecule has 4 heterocycles. The molecular formula is C15H20F2N4O. The molecule has 4 aliphatic rings. The van der Waals surface area contributed by atoms with Gasteiger partial charge in [0.1, 0.15) is 5.54 Å². The van der Waals surface area contributed by atoms with Gasteiger partial charge >= 0.3 is 0 Å². The van der Waals surface area contributed by atoms with Gasteiger partial charge in [-0.2, -0.15) is 0 Å². The lowest BCUT2D eigenvalue weighted by molar-refractivity contribution is -0.147. The van der Waals surface area contributed by atoms with Crippen molar-refractivity contribution in [3.8, 4) is 0 Å². The van der Waals surface area contributed by atoms with Gasteiger partial charge in [-0.15, -0.1) is 0 Å². The molecule has 2 atom stereocenters. The van der Waals surface area contributed by atoms with Crippen molar-refractivity contribution in [2.24, 2.45) is 18.9 Å². The fraction of sp³-hybridized carbons (Fsp3) is 0.733. The number of hydrogen-bond donors (Lipinski definition) is 1. The van der Waals surface area contributed by atoms with Gasteiger partial charge in [-0.25, -0.2) is 13.8 Å². The zero-order valence-corrected chi connectivity index (χ0v) is 12.5. The number of aryl methyl sites for hydroxylation is 1. The molecule has 5 rings (SSSR count). The van der Waals surface area contributed by atoms with Crippen molar-refractivity contribution in [1.29, 1.82) is 0 Å². The highest BCUT2D eigenvalue weighted by Crippen LogP contribution is 2.54. The molecule has 1 aliphatic carbocycles. The molecule has 7 heteroatoms. The molecule has 0 radical (unpaired) electrons. The zero-order chi connectivity index (χ0) is 15.5. The number of nitrogens with one attached hydrogen (secondary N) is 1. The van der Waals surface area contributed by atoms with Gasteiger partial charge in [0.2, 0.25) is 5.91 Å². The monoisotopic (exact) mass is 310 g/mol. The van der Waals surface area contributed by atoms with Crippen LogP contribution in [-0.2, 0) is 11.8 Å². The third-order valence-electron chi connectivity index (χ3n) is 5.57. The van der Waals surface area contributed by atoms with Gasteiger partial charge in [0.15, 0.2) is 0 Å². The van der Waals surface area contributed by atoms with E-state index < -0.39 is 12.0 Å². The third kappa shape index (κ3) is 1.84. The summed E-state index contributed by atoms with van der Waals surface area (Å²) in [6.45, 7) is 1.71. The molecule has 3 aliphatic heterocycles. The molecule has 4 fully saturated rings. The predicted molar refractivity (Wildman–Crippen MR) is 75.5 cm³/mol. The Kier molecular flexibility index (Phi) is 3.04. The molecule has 0 unspecified atom stereocenters. The van der Waals surface area contributed by atoms with Crippen molar-refractivity contribution < 1.29 is 13.6 Å². The lowest BCUT2D eigenvalue weighted by Gasteiger charge is -2.42. The average Bonchev–Trinajstić information content (AvgIpc) is 3.18.